The van der Waals surface area contributed by atoms with Crippen LogP contribution in [0.3, 0.4) is 0 Å². The summed E-state index contributed by atoms with van der Waals surface area (Å²) in [6.45, 7) is 2.94. The Bertz CT molecular complexity index is 422. The molecular formula is C17H28IN3. The molecule has 0 aliphatic heterocycles. The van der Waals surface area contributed by atoms with E-state index in [9.17, 15) is 0 Å². The van der Waals surface area contributed by atoms with Crippen LogP contribution in [0.25, 0.3) is 0 Å². The van der Waals surface area contributed by atoms with Gasteiger partial charge in [-0.15, -0.1) is 24.0 Å². The van der Waals surface area contributed by atoms with E-state index in [1.54, 1.807) is 0 Å². The van der Waals surface area contributed by atoms with Crippen LogP contribution in [0, 0.1) is 0 Å². The maximum Gasteiger partial charge on any atom is 0.188 e. The summed E-state index contributed by atoms with van der Waals surface area (Å²) in [6.07, 6.45) is 8.50. The number of benzene rings is 1. The fraction of sp³-hybridized carbons (Fsp3) is 0.588. The normalized spacial score (nSPS) is 16.3. The third-order valence-corrected chi connectivity index (χ3v) is 4.07. The van der Waals surface area contributed by atoms with Crippen LogP contribution < -0.4 is 11.1 Å². The van der Waals surface area contributed by atoms with Crippen LogP contribution in [-0.2, 0) is 12.8 Å². The fourth-order valence-corrected chi connectivity index (χ4v) is 2.75. The molecule has 0 spiro atoms. The number of hydrogen-bond donors (Lipinski definition) is 2. The minimum atomic E-state index is 0. The van der Waals surface area contributed by atoms with Gasteiger partial charge in [0.25, 0.3) is 0 Å². The molecule has 1 aliphatic rings. The molecule has 2 rings (SSSR count). The quantitative estimate of drug-likeness (QED) is 0.450. The largest absolute Gasteiger partial charge is 0.370 e. The van der Waals surface area contributed by atoms with Gasteiger partial charge in [0.15, 0.2) is 5.96 Å². The fourth-order valence-electron chi connectivity index (χ4n) is 2.75. The minimum absolute atomic E-state index is 0. The summed E-state index contributed by atoms with van der Waals surface area (Å²) in [6, 6.07) is 9.32. The van der Waals surface area contributed by atoms with Crippen molar-refractivity contribution in [2.45, 2.75) is 57.9 Å². The molecule has 0 radical (unpaired) electrons. The van der Waals surface area contributed by atoms with Crippen LogP contribution in [0.5, 0.6) is 0 Å². The van der Waals surface area contributed by atoms with Crippen molar-refractivity contribution >= 4 is 29.9 Å². The zero-order valence-electron chi connectivity index (χ0n) is 13.0. The van der Waals surface area contributed by atoms with E-state index in [0.29, 0.717) is 12.0 Å². The number of halogens is 1. The highest BCUT2D eigenvalue weighted by atomic mass is 127. The van der Waals surface area contributed by atoms with Gasteiger partial charge in [0.2, 0.25) is 0 Å². The molecule has 1 aromatic rings. The number of rotatable bonds is 5. The van der Waals surface area contributed by atoms with Gasteiger partial charge in [-0.2, -0.15) is 0 Å². The first-order chi connectivity index (χ1) is 9.78. The average molecular weight is 401 g/mol. The molecule has 1 fully saturated rings. The van der Waals surface area contributed by atoms with Crippen molar-refractivity contribution in [2.75, 3.05) is 6.54 Å². The molecule has 0 aromatic heterocycles. The van der Waals surface area contributed by atoms with Crippen molar-refractivity contribution in [1.29, 1.82) is 0 Å². The van der Waals surface area contributed by atoms with E-state index in [-0.39, 0.29) is 24.0 Å². The Kier molecular flexibility index (Phi) is 8.73. The molecule has 4 heteroatoms. The predicted molar refractivity (Wildman–Crippen MR) is 101 cm³/mol. The molecule has 3 N–H and O–H groups in total. The van der Waals surface area contributed by atoms with Crippen molar-refractivity contribution in [3.63, 3.8) is 0 Å². The van der Waals surface area contributed by atoms with Crippen LogP contribution >= 0.6 is 24.0 Å². The summed E-state index contributed by atoms with van der Waals surface area (Å²) in [5, 5.41) is 3.35. The predicted octanol–water partition coefficient (Wildman–Crippen LogP) is 3.65. The van der Waals surface area contributed by atoms with Crippen LogP contribution in [-0.4, -0.2) is 18.5 Å². The van der Waals surface area contributed by atoms with Crippen molar-refractivity contribution in [1.82, 2.24) is 5.32 Å². The molecule has 0 heterocycles. The molecule has 0 atom stereocenters. The van der Waals surface area contributed by atoms with Gasteiger partial charge in [0.05, 0.1) is 0 Å². The molecule has 118 valence electrons. The highest BCUT2D eigenvalue weighted by molar-refractivity contribution is 14.0. The molecule has 1 saturated carbocycles. The van der Waals surface area contributed by atoms with E-state index >= 15 is 0 Å². The van der Waals surface area contributed by atoms with Gasteiger partial charge < -0.3 is 11.1 Å². The standard InChI is InChI=1S/C17H27N3.HI/c1-2-14-8-10-15(11-9-14)12-13-19-17(18)20-16-6-4-3-5-7-16;/h8-11,16H,2-7,12-13H2,1H3,(H3,18,19,20);1H. The van der Waals surface area contributed by atoms with Crippen LogP contribution in [0.1, 0.15) is 50.2 Å². The van der Waals surface area contributed by atoms with Gasteiger partial charge in [-0.05, 0) is 36.8 Å². The van der Waals surface area contributed by atoms with E-state index in [1.807, 2.05) is 0 Å². The minimum Gasteiger partial charge on any atom is -0.370 e. The third-order valence-electron chi connectivity index (χ3n) is 4.07. The summed E-state index contributed by atoms with van der Waals surface area (Å²) in [4.78, 5) is 4.44. The summed E-state index contributed by atoms with van der Waals surface area (Å²) in [5.41, 5.74) is 8.67. The van der Waals surface area contributed by atoms with Crippen molar-refractivity contribution in [3.8, 4) is 0 Å². The van der Waals surface area contributed by atoms with Gasteiger partial charge >= 0.3 is 0 Å². The highest BCUT2D eigenvalue weighted by Crippen LogP contribution is 2.17. The number of aliphatic imine (C=N–C) groups is 1. The smallest absolute Gasteiger partial charge is 0.188 e. The summed E-state index contributed by atoms with van der Waals surface area (Å²) >= 11 is 0. The van der Waals surface area contributed by atoms with Gasteiger partial charge in [0.1, 0.15) is 0 Å². The second-order valence-electron chi connectivity index (χ2n) is 5.67. The zero-order valence-corrected chi connectivity index (χ0v) is 15.3. The lowest BCUT2D eigenvalue weighted by Crippen LogP contribution is -2.41. The summed E-state index contributed by atoms with van der Waals surface area (Å²) in [5.74, 6) is 0.613. The first kappa shape index (κ1) is 18.3. The van der Waals surface area contributed by atoms with E-state index < -0.39 is 0 Å². The molecule has 0 unspecified atom stereocenters. The Morgan fingerprint density at radius 2 is 1.76 bits per heavy atom. The monoisotopic (exact) mass is 401 g/mol. The van der Waals surface area contributed by atoms with Gasteiger partial charge in [0, 0.05) is 12.6 Å². The third kappa shape index (κ3) is 6.68. The van der Waals surface area contributed by atoms with Crippen LogP contribution in [0.4, 0.5) is 0 Å². The molecule has 0 amide bonds. The van der Waals surface area contributed by atoms with E-state index in [1.165, 1.54) is 43.2 Å². The molecule has 1 aliphatic carbocycles. The van der Waals surface area contributed by atoms with Crippen LogP contribution in [0.2, 0.25) is 0 Å². The Morgan fingerprint density at radius 1 is 1.14 bits per heavy atom. The number of hydrogen-bond acceptors (Lipinski definition) is 1. The SMILES string of the molecule is CCc1ccc(CCN=C(N)NC2CCCCC2)cc1.I. The lowest BCUT2D eigenvalue weighted by atomic mass is 9.96. The van der Waals surface area contributed by atoms with Crippen molar-refractivity contribution in [2.24, 2.45) is 10.7 Å². The average Bonchev–Trinajstić information content (AvgIpc) is 2.49. The number of nitrogens with zero attached hydrogens (tertiary/aromatic N) is 1. The molecule has 0 bridgehead atoms. The lowest BCUT2D eigenvalue weighted by Gasteiger charge is -2.23. The number of aryl methyl sites for hydroxylation is 1. The highest BCUT2D eigenvalue weighted by Gasteiger charge is 2.12. The molecule has 1 aromatic carbocycles. The Labute approximate surface area is 145 Å². The first-order valence-electron chi connectivity index (χ1n) is 7.92. The number of nitrogens with two attached hydrogens (primary N) is 1. The maximum atomic E-state index is 5.95. The molecular weight excluding hydrogens is 373 g/mol. The van der Waals surface area contributed by atoms with Crippen molar-refractivity contribution < 1.29 is 0 Å². The summed E-state index contributed by atoms with van der Waals surface area (Å²) in [7, 11) is 0. The second kappa shape index (κ2) is 10.0. The maximum absolute atomic E-state index is 5.95. The zero-order chi connectivity index (χ0) is 14.2. The second-order valence-corrected chi connectivity index (χ2v) is 5.67. The number of nitrogens with one attached hydrogen (secondary N) is 1. The Morgan fingerprint density at radius 3 is 2.38 bits per heavy atom. The van der Waals surface area contributed by atoms with Gasteiger partial charge in [-0.25, -0.2) is 0 Å². The van der Waals surface area contributed by atoms with Gasteiger partial charge in [-0.1, -0.05) is 50.5 Å². The summed E-state index contributed by atoms with van der Waals surface area (Å²) < 4.78 is 0. The van der Waals surface area contributed by atoms with E-state index in [0.717, 1.165) is 19.4 Å². The van der Waals surface area contributed by atoms with E-state index in [2.05, 4.69) is 41.5 Å². The molecule has 3 nitrogen and oxygen atoms in total. The Balaban J connectivity index is 0.00000220. The van der Waals surface area contributed by atoms with Crippen molar-refractivity contribution in [3.05, 3.63) is 35.4 Å². The number of guanidine groups is 1. The van der Waals surface area contributed by atoms with E-state index in [4.69, 9.17) is 5.73 Å². The first-order valence-corrected chi connectivity index (χ1v) is 7.92. The molecule has 21 heavy (non-hydrogen) atoms. The molecule has 0 saturated heterocycles. The van der Waals surface area contributed by atoms with Crippen LogP contribution in [0.15, 0.2) is 29.3 Å². The Hall–Kier alpha value is -0.780. The van der Waals surface area contributed by atoms with Gasteiger partial charge in [-0.3, -0.25) is 4.99 Å². The topological polar surface area (TPSA) is 50.4 Å². The lowest BCUT2D eigenvalue weighted by molar-refractivity contribution is 0.412.